The van der Waals surface area contributed by atoms with Crippen LogP contribution in [-0.4, -0.2) is 35.2 Å². The highest BCUT2D eigenvalue weighted by molar-refractivity contribution is 7.22. The van der Waals surface area contributed by atoms with Crippen molar-refractivity contribution in [1.29, 1.82) is 0 Å². The molecule has 1 aromatic heterocycles. The molecule has 1 aliphatic rings. The average molecular weight is 249 g/mol. The number of thiazole rings is 1. The van der Waals surface area contributed by atoms with Crippen molar-refractivity contribution >= 4 is 32.7 Å². The number of hydrogen-bond acceptors (Lipinski definition) is 5. The first-order valence-corrected chi connectivity index (χ1v) is 6.09. The van der Waals surface area contributed by atoms with Crippen molar-refractivity contribution in [3.8, 4) is 0 Å². The molecule has 6 heteroatoms. The molecule has 1 fully saturated rings. The highest BCUT2D eigenvalue weighted by Gasteiger charge is 2.25. The Kier molecular flexibility index (Phi) is 2.27. The third-order valence-electron chi connectivity index (χ3n) is 2.80. The van der Waals surface area contributed by atoms with E-state index in [2.05, 4.69) is 9.88 Å². The molecular weight excluding hydrogens is 238 g/mol. The van der Waals surface area contributed by atoms with E-state index in [0.717, 1.165) is 28.4 Å². The quantitative estimate of drug-likeness (QED) is 0.834. The van der Waals surface area contributed by atoms with Gasteiger partial charge in [0, 0.05) is 19.1 Å². The Bertz CT molecular complexity index is 589. The van der Waals surface area contributed by atoms with Gasteiger partial charge in [0.15, 0.2) is 5.13 Å². The zero-order valence-corrected chi connectivity index (χ0v) is 9.78. The summed E-state index contributed by atoms with van der Waals surface area (Å²) in [6.45, 7) is 1.65. The Labute approximate surface area is 101 Å². The van der Waals surface area contributed by atoms with Crippen LogP contribution in [0.1, 0.15) is 10.4 Å². The Balaban J connectivity index is 1.98. The van der Waals surface area contributed by atoms with Gasteiger partial charge >= 0.3 is 5.97 Å². The number of anilines is 1. The van der Waals surface area contributed by atoms with Crippen LogP contribution in [0.4, 0.5) is 5.13 Å². The van der Waals surface area contributed by atoms with E-state index in [9.17, 15) is 4.79 Å². The second-order valence-electron chi connectivity index (χ2n) is 4.15. The first-order valence-electron chi connectivity index (χ1n) is 5.28. The van der Waals surface area contributed by atoms with Gasteiger partial charge in [-0.05, 0) is 18.2 Å². The van der Waals surface area contributed by atoms with Gasteiger partial charge < -0.3 is 15.7 Å². The second kappa shape index (κ2) is 3.68. The van der Waals surface area contributed by atoms with Crippen molar-refractivity contribution < 1.29 is 9.90 Å². The van der Waals surface area contributed by atoms with Gasteiger partial charge in [-0.15, -0.1) is 0 Å². The fourth-order valence-corrected chi connectivity index (χ4v) is 2.87. The largest absolute Gasteiger partial charge is 0.478 e. The zero-order chi connectivity index (χ0) is 12.0. The summed E-state index contributed by atoms with van der Waals surface area (Å²) in [6, 6.07) is 5.23. The van der Waals surface area contributed by atoms with E-state index in [-0.39, 0.29) is 6.04 Å². The minimum atomic E-state index is -0.909. The highest BCUT2D eigenvalue weighted by atomic mass is 32.1. The number of carboxylic acid groups (broad SMARTS) is 1. The topological polar surface area (TPSA) is 79.5 Å². The molecule has 2 heterocycles. The number of carbonyl (C=O) groups is 1. The van der Waals surface area contributed by atoms with Crippen molar-refractivity contribution in [3.63, 3.8) is 0 Å². The van der Waals surface area contributed by atoms with Crippen LogP contribution in [0.3, 0.4) is 0 Å². The standard InChI is InChI=1S/C11H11N3O2S/c12-7-4-14(5-7)11-13-8-2-1-6(10(15)16)3-9(8)17-11/h1-3,7H,4-5,12H2,(H,15,16). The number of benzene rings is 1. The van der Waals surface area contributed by atoms with Crippen LogP contribution in [0.5, 0.6) is 0 Å². The molecule has 0 atom stereocenters. The summed E-state index contributed by atoms with van der Waals surface area (Å²) in [5.41, 5.74) is 6.86. The average Bonchev–Trinajstić information content (AvgIpc) is 2.66. The van der Waals surface area contributed by atoms with Crippen LogP contribution in [0.2, 0.25) is 0 Å². The second-order valence-corrected chi connectivity index (χ2v) is 5.16. The number of rotatable bonds is 2. The minimum Gasteiger partial charge on any atom is -0.478 e. The summed E-state index contributed by atoms with van der Waals surface area (Å²) in [5, 5.41) is 9.83. The molecule has 1 aliphatic heterocycles. The van der Waals surface area contributed by atoms with Gasteiger partial charge in [-0.25, -0.2) is 9.78 Å². The van der Waals surface area contributed by atoms with Gasteiger partial charge in [-0.1, -0.05) is 11.3 Å². The SMILES string of the molecule is NC1CN(c2nc3ccc(C(=O)O)cc3s2)C1. The smallest absolute Gasteiger partial charge is 0.335 e. The van der Waals surface area contributed by atoms with Crippen LogP contribution in [-0.2, 0) is 0 Å². The molecule has 0 amide bonds. The van der Waals surface area contributed by atoms with Crippen molar-refractivity contribution in [1.82, 2.24) is 4.98 Å². The zero-order valence-electron chi connectivity index (χ0n) is 8.96. The number of hydrogen-bond donors (Lipinski definition) is 2. The molecule has 1 saturated heterocycles. The van der Waals surface area contributed by atoms with Crippen LogP contribution in [0.15, 0.2) is 18.2 Å². The van der Waals surface area contributed by atoms with Crippen molar-refractivity contribution in [2.24, 2.45) is 5.73 Å². The molecule has 0 bridgehead atoms. The Morgan fingerprint density at radius 1 is 1.53 bits per heavy atom. The van der Waals surface area contributed by atoms with Crippen molar-refractivity contribution in [3.05, 3.63) is 23.8 Å². The maximum Gasteiger partial charge on any atom is 0.335 e. The highest BCUT2D eigenvalue weighted by Crippen LogP contribution is 2.31. The monoisotopic (exact) mass is 249 g/mol. The molecule has 0 spiro atoms. The molecule has 2 aromatic rings. The molecule has 5 nitrogen and oxygen atoms in total. The lowest BCUT2D eigenvalue weighted by Gasteiger charge is -2.36. The third kappa shape index (κ3) is 1.75. The Morgan fingerprint density at radius 2 is 2.29 bits per heavy atom. The maximum absolute atomic E-state index is 10.9. The van der Waals surface area contributed by atoms with E-state index < -0.39 is 5.97 Å². The number of aromatic carboxylic acids is 1. The van der Waals surface area contributed by atoms with Gasteiger partial charge in [0.05, 0.1) is 15.8 Å². The summed E-state index contributed by atoms with van der Waals surface area (Å²) in [6.07, 6.45) is 0. The van der Waals surface area contributed by atoms with Gasteiger partial charge in [0.25, 0.3) is 0 Å². The molecule has 88 valence electrons. The number of aromatic nitrogens is 1. The summed E-state index contributed by atoms with van der Waals surface area (Å²) < 4.78 is 0.903. The van der Waals surface area contributed by atoms with E-state index in [0.29, 0.717) is 5.56 Å². The molecule has 0 radical (unpaired) electrons. The Morgan fingerprint density at radius 3 is 2.94 bits per heavy atom. The molecule has 1 aromatic carbocycles. The van der Waals surface area contributed by atoms with Crippen molar-refractivity contribution in [2.75, 3.05) is 18.0 Å². The number of nitrogens with two attached hydrogens (primary N) is 1. The Hall–Kier alpha value is -1.66. The lowest BCUT2D eigenvalue weighted by atomic mass is 10.1. The third-order valence-corrected chi connectivity index (χ3v) is 3.88. The normalized spacial score (nSPS) is 16.2. The van der Waals surface area contributed by atoms with Crippen LogP contribution in [0.25, 0.3) is 10.2 Å². The molecule has 0 unspecified atom stereocenters. The van der Waals surface area contributed by atoms with Gasteiger partial charge in [0.1, 0.15) is 0 Å². The summed E-state index contributed by atoms with van der Waals surface area (Å²) in [4.78, 5) is 17.4. The van der Waals surface area contributed by atoms with E-state index in [1.807, 2.05) is 0 Å². The van der Waals surface area contributed by atoms with E-state index in [1.165, 1.54) is 11.3 Å². The van der Waals surface area contributed by atoms with E-state index in [1.54, 1.807) is 18.2 Å². The summed E-state index contributed by atoms with van der Waals surface area (Å²) in [7, 11) is 0. The molecular formula is C11H11N3O2S. The fourth-order valence-electron chi connectivity index (χ4n) is 1.85. The van der Waals surface area contributed by atoms with Gasteiger partial charge in [-0.2, -0.15) is 0 Å². The summed E-state index contributed by atoms with van der Waals surface area (Å²) >= 11 is 1.51. The van der Waals surface area contributed by atoms with Crippen LogP contribution in [0, 0.1) is 0 Å². The van der Waals surface area contributed by atoms with E-state index in [4.69, 9.17) is 10.8 Å². The first kappa shape index (κ1) is 10.5. The van der Waals surface area contributed by atoms with E-state index >= 15 is 0 Å². The number of carboxylic acids is 1. The molecule has 0 aliphatic carbocycles. The molecule has 3 N–H and O–H groups in total. The number of nitrogens with zero attached hydrogens (tertiary/aromatic N) is 2. The molecule has 0 saturated carbocycles. The lowest BCUT2D eigenvalue weighted by Crippen LogP contribution is -2.55. The maximum atomic E-state index is 10.9. The first-order chi connectivity index (χ1) is 8.13. The predicted octanol–water partition coefficient (Wildman–Crippen LogP) is 1.14. The minimum absolute atomic E-state index is 0.233. The fraction of sp³-hybridized carbons (Fsp3) is 0.273. The number of fused-ring (bicyclic) bond motifs is 1. The lowest BCUT2D eigenvalue weighted by molar-refractivity contribution is 0.0697. The predicted molar refractivity (Wildman–Crippen MR) is 66.8 cm³/mol. The summed E-state index contributed by atoms with van der Waals surface area (Å²) in [5.74, 6) is -0.909. The van der Waals surface area contributed by atoms with Crippen LogP contribution < -0.4 is 10.6 Å². The van der Waals surface area contributed by atoms with Crippen molar-refractivity contribution in [2.45, 2.75) is 6.04 Å². The molecule has 3 rings (SSSR count). The van der Waals surface area contributed by atoms with Gasteiger partial charge in [0.2, 0.25) is 0 Å². The van der Waals surface area contributed by atoms with Crippen LogP contribution >= 0.6 is 11.3 Å². The van der Waals surface area contributed by atoms with Gasteiger partial charge in [-0.3, -0.25) is 0 Å². The molecule has 17 heavy (non-hydrogen) atoms.